The van der Waals surface area contributed by atoms with Gasteiger partial charge in [-0.3, -0.25) is 0 Å². The molecule has 0 aromatic carbocycles. The summed E-state index contributed by atoms with van der Waals surface area (Å²) in [7, 11) is 0. The van der Waals surface area contributed by atoms with Crippen LogP contribution in [-0.2, 0) is 4.74 Å². The Morgan fingerprint density at radius 2 is 2.25 bits per heavy atom. The molecule has 0 aromatic rings. The van der Waals surface area contributed by atoms with Crippen LogP contribution in [0.4, 0.5) is 0 Å². The third kappa shape index (κ3) is 6.88. The molecule has 0 rings (SSSR count). The highest BCUT2D eigenvalue weighted by Gasteiger charge is 2.07. The lowest BCUT2D eigenvalue weighted by Crippen LogP contribution is -2.14. The average Bonchev–Trinajstić information content (AvgIpc) is 2.02. The molecule has 0 aromatic heterocycles. The molecule has 0 fully saturated rings. The van der Waals surface area contributed by atoms with Crippen molar-refractivity contribution in [3.8, 4) is 0 Å². The van der Waals surface area contributed by atoms with E-state index in [1.165, 1.54) is 11.8 Å². The lowest BCUT2D eigenvalue weighted by atomic mass is 10.4. The highest BCUT2D eigenvalue weighted by atomic mass is 32.2. The Morgan fingerprint density at radius 1 is 1.58 bits per heavy atom. The van der Waals surface area contributed by atoms with Crippen molar-refractivity contribution in [2.45, 2.75) is 38.5 Å². The van der Waals surface area contributed by atoms with E-state index in [9.17, 15) is 0 Å². The molecule has 0 saturated heterocycles. The quantitative estimate of drug-likeness (QED) is 0.412. The van der Waals surface area contributed by atoms with Crippen LogP contribution in [-0.4, -0.2) is 16.4 Å². The van der Waals surface area contributed by atoms with Crippen LogP contribution in [0.3, 0.4) is 0 Å². The van der Waals surface area contributed by atoms with E-state index in [0.717, 1.165) is 25.9 Å². The summed E-state index contributed by atoms with van der Waals surface area (Å²) in [4.78, 5) is 0. The second kappa shape index (κ2) is 7.83. The molecule has 12 heavy (non-hydrogen) atoms. The fourth-order valence-corrected chi connectivity index (χ4v) is 1.64. The van der Waals surface area contributed by atoms with Gasteiger partial charge in [-0.1, -0.05) is 44.2 Å². The Bertz CT molecular complexity index is 130. The van der Waals surface area contributed by atoms with E-state index in [1.807, 2.05) is 0 Å². The Balaban J connectivity index is 3.46. The number of thiocarbonyl (C=S) groups is 1. The van der Waals surface area contributed by atoms with E-state index >= 15 is 0 Å². The predicted octanol–water partition coefficient (Wildman–Crippen LogP) is 2.52. The monoisotopic (exact) mass is 207 g/mol. The molecule has 2 nitrogen and oxygen atoms in total. The molecule has 0 heterocycles. The Kier molecular flexibility index (Phi) is 7.96. The first-order valence-electron chi connectivity index (χ1n) is 4.28. The molecule has 0 aliphatic carbocycles. The van der Waals surface area contributed by atoms with E-state index in [2.05, 4.69) is 13.8 Å². The second-order valence-electron chi connectivity index (χ2n) is 2.50. The molecule has 2 N–H and O–H groups in total. The highest BCUT2D eigenvalue weighted by molar-refractivity contribution is 8.23. The summed E-state index contributed by atoms with van der Waals surface area (Å²) in [5.74, 6) is 0. The Morgan fingerprint density at radius 3 is 2.67 bits per heavy atom. The maximum atomic E-state index is 5.54. The number of nitrogens with two attached hydrogens (primary N) is 1. The standard InChI is InChI=1S/C8H17NOS2/c1-3-5-6-10-7(4-2)12-8(9)11/h7H,3-6H2,1-2H3,(H2,9,11). The molecule has 0 saturated carbocycles. The minimum atomic E-state index is 0.147. The molecule has 0 amide bonds. The van der Waals surface area contributed by atoms with Gasteiger partial charge >= 0.3 is 0 Å². The molecule has 0 radical (unpaired) electrons. The van der Waals surface area contributed by atoms with E-state index in [1.54, 1.807) is 0 Å². The smallest absolute Gasteiger partial charge is 0.133 e. The molecule has 0 aliphatic heterocycles. The van der Waals surface area contributed by atoms with Gasteiger partial charge in [0.2, 0.25) is 0 Å². The zero-order chi connectivity index (χ0) is 9.40. The summed E-state index contributed by atoms with van der Waals surface area (Å²) in [6.45, 7) is 5.03. The number of hydrogen-bond acceptors (Lipinski definition) is 3. The molecule has 1 unspecified atom stereocenters. The molecule has 0 bridgehead atoms. The minimum Gasteiger partial charge on any atom is -0.385 e. The maximum absolute atomic E-state index is 5.54. The van der Waals surface area contributed by atoms with Gasteiger partial charge in [-0.25, -0.2) is 0 Å². The number of hydrogen-bond donors (Lipinski definition) is 1. The van der Waals surface area contributed by atoms with E-state index in [-0.39, 0.29) is 5.44 Å². The van der Waals surface area contributed by atoms with E-state index in [0.29, 0.717) is 4.32 Å². The van der Waals surface area contributed by atoms with E-state index in [4.69, 9.17) is 22.7 Å². The average molecular weight is 207 g/mol. The van der Waals surface area contributed by atoms with Gasteiger partial charge in [-0.2, -0.15) is 0 Å². The van der Waals surface area contributed by atoms with Crippen molar-refractivity contribution < 1.29 is 4.74 Å². The van der Waals surface area contributed by atoms with Gasteiger partial charge < -0.3 is 10.5 Å². The van der Waals surface area contributed by atoms with Crippen molar-refractivity contribution in [2.24, 2.45) is 5.73 Å². The summed E-state index contributed by atoms with van der Waals surface area (Å²) in [5.41, 5.74) is 5.53. The van der Waals surface area contributed by atoms with Gasteiger partial charge in [0.05, 0.1) is 0 Å². The summed E-state index contributed by atoms with van der Waals surface area (Å²) in [6, 6.07) is 0. The number of ether oxygens (including phenoxy) is 1. The maximum Gasteiger partial charge on any atom is 0.133 e. The van der Waals surface area contributed by atoms with Crippen LogP contribution >= 0.6 is 24.0 Å². The summed E-state index contributed by atoms with van der Waals surface area (Å²) >= 11 is 6.21. The molecular weight excluding hydrogens is 190 g/mol. The number of unbranched alkanes of at least 4 members (excludes halogenated alkanes) is 1. The van der Waals surface area contributed by atoms with Crippen LogP contribution in [0.1, 0.15) is 33.1 Å². The summed E-state index contributed by atoms with van der Waals surface area (Å²) in [5, 5.41) is 0. The molecule has 0 spiro atoms. The van der Waals surface area contributed by atoms with Crippen molar-refractivity contribution in [3.63, 3.8) is 0 Å². The van der Waals surface area contributed by atoms with Crippen molar-refractivity contribution >= 4 is 28.3 Å². The first kappa shape index (κ1) is 12.2. The van der Waals surface area contributed by atoms with Gasteiger partial charge in [0.15, 0.2) is 0 Å². The van der Waals surface area contributed by atoms with Crippen LogP contribution in [0, 0.1) is 0 Å². The fourth-order valence-electron chi connectivity index (χ4n) is 0.724. The minimum absolute atomic E-state index is 0.147. The summed E-state index contributed by atoms with van der Waals surface area (Å²) in [6.07, 6.45) is 3.22. The molecule has 0 aliphatic rings. The molecule has 4 heteroatoms. The van der Waals surface area contributed by atoms with Gasteiger partial charge in [0.1, 0.15) is 9.76 Å². The molecule has 72 valence electrons. The van der Waals surface area contributed by atoms with Crippen LogP contribution in [0.5, 0.6) is 0 Å². The van der Waals surface area contributed by atoms with Crippen molar-refractivity contribution in [2.75, 3.05) is 6.61 Å². The van der Waals surface area contributed by atoms with Gasteiger partial charge in [0.25, 0.3) is 0 Å². The van der Waals surface area contributed by atoms with Gasteiger partial charge in [-0.15, -0.1) is 0 Å². The molecule has 1 atom stereocenters. The topological polar surface area (TPSA) is 35.2 Å². The van der Waals surface area contributed by atoms with Gasteiger partial charge in [0, 0.05) is 6.61 Å². The normalized spacial score (nSPS) is 12.8. The SMILES string of the molecule is CCCCOC(CC)SC(N)=S. The van der Waals surface area contributed by atoms with Crippen LogP contribution in [0.2, 0.25) is 0 Å². The van der Waals surface area contributed by atoms with Gasteiger partial charge in [-0.05, 0) is 12.8 Å². The van der Waals surface area contributed by atoms with Crippen molar-refractivity contribution in [1.82, 2.24) is 0 Å². The van der Waals surface area contributed by atoms with Crippen molar-refractivity contribution in [3.05, 3.63) is 0 Å². The van der Waals surface area contributed by atoms with E-state index < -0.39 is 0 Å². The Labute approximate surface area is 84.2 Å². The third-order valence-corrected chi connectivity index (χ3v) is 2.64. The first-order valence-corrected chi connectivity index (χ1v) is 5.57. The molecular formula is C8H17NOS2. The third-order valence-electron chi connectivity index (χ3n) is 1.38. The van der Waals surface area contributed by atoms with Crippen LogP contribution in [0.25, 0.3) is 0 Å². The van der Waals surface area contributed by atoms with Crippen LogP contribution < -0.4 is 5.73 Å². The largest absolute Gasteiger partial charge is 0.385 e. The lowest BCUT2D eigenvalue weighted by Gasteiger charge is -2.13. The summed E-state index contributed by atoms with van der Waals surface area (Å²) < 4.78 is 6.01. The highest BCUT2D eigenvalue weighted by Crippen LogP contribution is 2.16. The van der Waals surface area contributed by atoms with Crippen LogP contribution in [0.15, 0.2) is 0 Å². The fraction of sp³-hybridized carbons (Fsp3) is 0.875. The number of rotatable bonds is 6. The van der Waals surface area contributed by atoms with Crippen molar-refractivity contribution in [1.29, 1.82) is 0 Å². The Hall–Kier alpha value is 0.200. The second-order valence-corrected chi connectivity index (χ2v) is 4.40. The zero-order valence-electron chi connectivity index (χ0n) is 7.71. The first-order chi connectivity index (χ1) is 5.70. The lowest BCUT2D eigenvalue weighted by molar-refractivity contribution is 0.108. The number of thioether (sulfide) groups is 1. The predicted molar refractivity (Wildman–Crippen MR) is 59.3 cm³/mol. The zero-order valence-corrected chi connectivity index (χ0v) is 9.34.